The van der Waals surface area contributed by atoms with Crippen LogP contribution in [0.2, 0.25) is 0 Å². The predicted molar refractivity (Wildman–Crippen MR) is 64.1 cm³/mol. The molecule has 92 valence electrons. The van der Waals surface area contributed by atoms with Gasteiger partial charge in [0.05, 0.1) is 0 Å². The first-order valence-corrected chi connectivity index (χ1v) is 5.81. The first-order chi connectivity index (χ1) is 8.16. The van der Waals surface area contributed by atoms with Gasteiger partial charge in [0.2, 0.25) is 5.56 Å². The van der Waals surface area contributed by atoms with Gasteiger partial charge < -0.3 is 19.4 Å². The summed E-state index contributed by atoms with van der Waals surface area (Å²) in [6, 6.07) is 2.83. The van der Waals surface area contributed by atoms with Gasteiger partial charge in [0.15, 0.2) is 0 Å². The molecule has 2 N–H and O–H groups in total. The van der Waals surface area contributed by atoms with Crippen molar-refractivity contribution in [1.29, 1.82) is 0 Å². The van der Waals surface area contributed by atoms with Crippen LogP contribution in [0.1, 0.15) is 12.8 Å². The Morgan fingerprint density at radius 3 is 2.71 bits per heavy atom. The fourth-order valence-electron chi connectivity index (χ4n) is 2.04. The number of hydrogen-bond donors (Lipinski definition) is 2. The molecular weight excluding hydrogens is 221 g/mol. The van der Waals surface area contributed by atoms with Gasteiger partial charge in [-0.3, -0.25) is 4.79 Å². The summed E-state index contributed by atoms with van der Waals surface area (Å²) in [4.78, 5) is 11.7. The monoisotopic (exact) mass is 237 g/mol. The van der Waals surface area contributed by atoms with Gasteiger partial charge in [-0.05, 0) is 30.3 Å². The molecule has 0 amide bonds. The van der Waals surface area contributed by atoms with Gasteiger partial charge in [0.25, 0.3) is 0 Å². The molecule has 2 heterocycles. The lowest BCUT2D eigenvalue weighted by Crippen LogP contribution is -2.36. The van der Waals surface area contributed by atoms with E-state index in [1.165, 1.54) is 6.07 Å². The Kier molecular flexibility index (Phi) is 3.99. The minimum atomic E-state index is -1.58. The van der Waals surface area contributed by atoms with Crippen LogP contribution in [0, 0.1) is 5.92 Å². The van der Waals surface area contributed by atoms with Crippen molar-refractivity contribution in [3.05, 3.63) is 28.7 Å². The highest BCUT2D eigenvalue weighted by atomic mass is 16.5. The minimum absolute atomic E-state index is 0.193. The lowest BCUT2D eigenvalue weighted by atomic mass is 9.81. The molecule has 0 aromatic carbocycles. The second kappa shape index (κ2) is 5.49. The Morgan fingerprint density at radius 2 is 2.12 bits per heavy atom. The number of nitrogens with zero attached hydrogens (tertiary/aromatic N) is 1. The maximum absolute atomic E-state index is 11.7. The van der Waals surface area contributed by atoms with Gasteiger partial charge in [-0.1, -0.05) is 0 Å². The van der Waals surface area contributed by atoms with E-state index in [4.69, 9.17) is 14.8 Å². The van der Waals surface area contributed by atoms with Crippen LogP contribution in [0.3, 0.4) is 0 Å². The lowest BCUT2D eigenvalue weighted by molar-refractivity contribution is 0.0609. The molecule has 0 radical (unpaired) electrons. The van der Waals surface area contributed by atoms with E-state index < -0.39 is 7.12 Å². The molecule has 17 heavy (non-hydrogen) atoms. The summed E-state index contributed by atoms with van der Waals surface area (Å²) in [5, 5.41) is 17.9. The van der Waals surface area contributed by atoms with Crippen LogP contribution in [0.5, 0.6) is 0 Å². The van der Waals surface area contributed by atoms with Crippen LogP contribution in [-0.2, 0) is 11.3 Å². The smallest absolute Gasteiger partial charge is 0.423 e. The molecule has 1 aliphatic rings. The highest BCUT2D eigenvalue weighted by molar-refractivity contribution is 6.58. The lowest BCUT2D eigenvalue weighted by Gasteiger charge is -2.22. The molecule has 6 heteroatoms. The van der Waals surface area contributed by atoms with E-state index in [-0.39, 0.29) is 11.0 Å². The largest absolute Gasteiger partial charge is 0.488 e. The van der Waals surface area contributed by atoms with Crippen molar-refractivity contribution >= 4 is 12.6 Å². The molecule has 0 spiro atoms. The predicted octanol–water partition coefficient (Wildman–Crippen LogP) is -1.05. The SMILES string of the molecule is O=c1cc(B(O)O)ccn1CC1CCOCC1. The maximum atomic E-state index is 11.7. The maximum Gasteiger partial charge on any atom is 0.488 e. The average Bonchev–Trinajstić information content (AvgIpc) is 2.33. The van der Waals surface area contributed by atoms with Crippen molar-refractivity contribution in [2.24, 2.45) is 5.92 Å². The Hall–Kier alpha value is -1.11. The fraction of sp³-hybridized carbons (Fsp3) is 0.545. The zero-order valence-electron chi connectivity index (χ0n) is 9.58. The van der Waals surface area contributed by atoms with Crippen LogP contribution < -0.4 is 11.0 Å². The molecule has 5 nitrogen and oxygen atoms in total. The Bertz CT molecular complexity index is 426. The normalized spacial score (nSPS) is 17.1. The molecule has 1 fully saturated rings. The summed E-state index contributed by atoms with van der Waals surface area (Å²) in [5.41, 5.74) is 0.0420. The molecule has 0 saturated carbocycles. The summed E-state index contributed by atoms with van der Waals surface area (Å²) < 4.78 is 6.88. The first kappa shape index (κ1) is 12.4. The number of pyridine rings is 1. The second-order valence-electron chi connectivity index (χ2n) is 4.38. The van der Waals surface area contributed by atoms with Gasteiger partial charge in [-0.15, -0.1) is 0 Å². The van der Waals surface area contributed by atoms with Gasteiger partial charge >= 0.3 is 7.12 Å². The first-order valence-electron chi connectivity index (χ1n) is 5.81. The molecule has 1 aliphatic heterocycles. The van der Waals surface area contributed by atoms with Gasteiger partial charge in [-0.25, -0.2) is 0 Å². The second-order valence-corrected chi connectivity index (χ2v) is 4.38. The van der Waals surface area contributed by atoms with Gasteiger partial charge in [0.1, 0.15) is 0 Å². The number of rotatable bonds is 3. The van der Waals surface area contributed by atoms with Crippen molar-refractivity contribution in [3.8, 4) is 0 Å². The zero-order chi connectivity index (χ0) is 12.3. The van der Waals surface area contributed by atoms with Crippen molar-refractivity contribution in [2.75, 3.05) is 13.2 Å². The van der Waals surface area contributed by atoms with Crippen molar-refractivity contribution in [3.63, 3.8) is 0 Å². The van der Waals surface area contributed by atoms with E-state index in [2.05, 4.69) is 0 Å². The third-order valence-corrected chi connectivity index (χ3v) is 3.11. The average molecular weight is 237 g/mol. The van der Waals surface area contributed by atoms with Crippen LogP contribution in [0.4, 0.5) is 0 Å². The van der Waals surface area contributed by atoms with E-state index in [9.17, 15) is 4.79 Å². The van der Waals surface area contributed by atoms with E-state index in [1.807, 2.05) is 0 Å². The highest BCUT2D eigenvalue weighted by Crippen LogP contribution is 2.15. The number of ether oxygens (including phenoxy) is 1. The van der Waals surface area contributed by atoms with Crippen LogP contribution in [0.25, 0.3) is 0 Å². The molecular formula is C11H16BNO4. The van der Waals surface area contributed by atoms with E-state index in [0.717, 1.165) is 26.1 Å². The zero-order valence-corrected chi connectivity index (χ0v) is 9.58. The minimum Gasteiger partial charge on any atom is -0.423 e. The van der Waals surface area contributed by atoms with Gasteiger partial charge in [0, 0.05) is 32.0 Å². The summed E-state index contributed by atoms with van der Waals surface area (Å²) in [5.74, 6) is 0.464. The van der Waals surface area contributed by atoms with Crippen LogP contribution in [0.15, 0.2) is 23.1 Å². The van der Waals surface area contributed by atoms with E-state index >= 15 is 0 Å². The topological polar surface area (TPSA) is 71.7 Å². The van der Waals surface area contributed by atoms with Crippen LogP contribution >= 0.6 is 0 Å². The van der Waals surface area contributed by atoms with Crippen molar-refractivity contribution in [1.82, 2.24) is 4.57 Å². The third kappa shape index (κ3) is 3.18. The van der Waals surface area contributed by atoms with Gasteiger partial charge in [-0.2, -0.15) is 0 Å². The third-order valence-electron chi connectivity index (χ3n) is 3.11. The fourth-order valence-corrected chi connectivity index (χ4v) is 2.04. The summed E-state index contributed by atoms with van der Waals surface area (Å²) >= 11 is 0. The van der Waals surface area contributed by atoms with Crippen molar-refractivity contribution in [2.45, 2.75) is 19.4 Å². The molecule has 0 unspecified atom stereocenters. The molecule has 1 aromatic heterocycles. The summed E-state index contributed by atoms with van der Waals surface area (Å²) in [7, 11) is -1.58. The molecule has 1 saturated heterocycles. The molecule has 2 rings (SSSR count). The standard InChI is InChI=1S/C11H16BNO4/c14-11-7-10(12(15)16)1-4-13(11)8-9-2-5-17-6-3-9/h1,4,7,9,15-16H,2-3,5-6,8H2. The Labute approximate surface area is 99.8 Å². The van der Waals surface area contributed by atoms with E-state index in [0.29, 0.717) is 12.5 Å². The summed E-state index contributed by atoms with van der Waals surface area (Å²) in [6.45, 7) is 2.18. The Morgan fingerprint density at radius 1 is 1.41 bits per heavy atom. The molecule has 0 bridgehead atoms. The highest BCUT2D eigenvalue weighted by Gasteiger charge is 2.16. The van der Waals surface area contributed by atoms with Crippen molar-refractivity contribution < 1.29 is 14.8 Å². The number of hydrogen-bond acceptors (Lipinski definition) is 4. The van der Waals surface area contributed by atoms with Crippen LogP contribution in [-0.4, -0.2) is 34.9 Å². The Balaban J connectivity index is 2.08. The quantitative estimate of drug-likeness (QED) is 0.658. The number of aromatic nitrogens is 1. The summed E-state index contributed by atoms with van der Waals surface area (Å²) in [6.07, 6.45) is 3.56. The molecule has 0 atom stereocenters. The van der Waals surface area contributed by atoms with E-state index in [1.54, 1.807) is 16.8 Å². The molecule has 0 aliphatic carbocycles. The molecule has 1 aromatic rings.